The van der Waals surface area contributed by atoms with Crippen LogP contribution in [0.15, 0.2) is 12.4 Å². The van der Waals surface area contributed by atoms with Gasteiger partial charge in [-0.15, -0.1) is 0 Å². The third-order valence-corrected chi connectivity index (χ3v) is 2.70. The number of rotatable bonds is 6. The van der Waals surface area contributed by atoms with Gasteiger partial charge >= 0.3 is 7.12 Å². The van der Waals surface area contributed by atoms with E-state index in [1.54, 1.807) is 12.4 Å². The van der Waals surface area contributed by atoms with Crippen molar-refractivity contribution in [2.24, 2.45) is 0 Å². The quantitative estimate of drug-likeness (QED) is 0.577. The van der Waals surface area contributed by atoms with Crippen LogP contribution in [0.4, 0.5) is 0 Å². The Morgan fingerprint density at radius 1 is 1.29 bits per heavy atom. The fourth-order valence-electron chi connectivity index (χ4n) is 1.17. The summed E-state index contributed by atoms with van der Waals surface area (Å²) in [6, 6.07) is 0. The Bertz CT molecular complexity index is 346. The number of nitrogens with zero attached hydrogens (tertiary/aromatic N) is 2. The number of halogens is 1. The first kappa shape index (κ1) is 14.4. The van der Waals surface area contributed by atoms with Gasteiger partial charge in [0.1, 0.15) is 0 Å². The molecule has 0 unspecified atom stereocenters. The van der Waals surface area contributed by atoms with E-state index in [0.29, 0.717) is 6.61 Å². The van der Waals surface area contributed by atoms with Crippen LogP contribution in [-0.4, -0.2) is 29.3 Å². The Balaban J connectivity index is 2.81. The number of aromatic nitrogens is 2. The van der Waals surface area contributed by atoms with Crippen molar-refractivity contribution in [3.63, 3.8) is 0 Å². The molecule has 0 saturated heterocycles. The predicted molar refractivity (Wildman–Crippen MR) is 69.5 cm³/mol. The van der Waals surface area contributed by atoms with Crippen LogP contribution in [0, 0.1) is 0 Å². The largest absolute Gasteiger partial charge is 0.497 e. The van der Waals surface area contributed by atoms with Crippen molar-refractivity contribution >= 4 is 24.2 Å². The van der Waals surface area contributed by atoms with Crippen LogP contribution in [-0.2, 0) is 9.31 Å². The van der Waals surface area contributed by atoms with Gasteiger partial charge in [-0.1, -0.05) is 6.92 Å². The monoisotopic (exact) mass is 256 g/mol. The van der Waals surface area contributed by atoms with Crippen LogP contribution in [0.1, 0.15) is 34.1 Å². The predicted octanol–water partition coefficient (Wildman–Crippen LogP) is 2.07. The lowest BCUT2D eigenvalue weighted by Crippen LogP contribution is -2.44. The summed E-state index contributed by atoms with van der Waals surface area (Å²) in [5.41, 5.74) is 0.525. The second kappa shape index (κ2) is 6.33. The van der Waals surface area contributed by atoms with Crippen molar-refractivity contribution in [3.05, 3.63) is 17.7 Å². The maximum Gasteiger partial charge on any atom is 0.497 e. The van der Waals surface area contributed by atoms with E-state index in [1.165, 1.54) is 0 Å². The molecule has 0 amide bonds. The minimum Gasteiger partial charge on any atom is -0.407 e. The molecule has 4 nitrogen and oxygen atoms in total. The highest BCUT2D eigenvalue weighted by atomic mass is 35.5. The van der Waals surface area contributed by atoms with Crippen LogP contribution in [0.3, 0.4) is 0 Å². The van der Waals surface area contributed by atoms with E-state index >= 15 is 0 Å². The zero-order chi connectivity index (χ0) is 12.9. The van der Waals surface area contributed by atoms with Crippen LogP contribution >= 0.6 is 11.6 Å². The van der Waals surface area contributed by atoms with Crippen LogP contribution in [0.5, 0.6) is 0 Å². The highest BCUT2D eigenvalue weighted by molar-refractivity contribution is 6.61. The van der Waals surface area contributed by atoms with Gasteiger partial charge in [0.2, 0.25) is 5.28 Å². The van der Waals surface area contributed by atoms with Gasteiger partial charge in [-0.25, -0.2) is 9.97 Å². The zero-order valence-corrected chi connectivity index (χ0v) is 11.5. The summed E-state index contributed by atoms with van der Waals surface area (Å²) >= 11 is 5.65. The van der Waals surface area contributed by atoms with E-state index in [2.05, 4.69) is 16.9 Å². The average molecular weight is 257 g/mol. The van der Waals surface area contributed by atoms with Crippen LogP contribution < -0.4 is 5.46 Å². The Kier molecular flexibility index (Phi) is 5.37. The van der Waals surface area contributed by atoms with E-state index in [4.69, 9.17) is 20.9 Å². The van der Waals surface area contributed by atoms with E-state index < -0.39 is 7.12 Å². The molecule has 1 aromatic rings. The van der Waals surface area contributed by atoms with Gasteiger partial charge < -0.3 is 9.31 Å². The smallest absolute Gasteiger partial charge is 0.407 e. The lowest BCUT2D eigenvalue weighted by atomic mass is 9.79. The van der Waals surface area contributed by atoms with E-state index in [9.17, 15) is 0 Å². The molecule has 0 spiro atoms. The van der Waals surface area contributed by atoms with Gasteiger partial charge in [0.25, 0.3) is 0 Å². The molecule has 0 aliphatic carbocycles. The van der Waals surface area contributed by atoms with E-state index in [0.717, 1.165) is 11.9 Å². The molecule has 0 atom stereocenters. The summed E-state index contributed by atoms with van der Waals surface area (Å²) in [6.45, 7) is 8.60. The van der Waals surface area contributed by atoms with Gasteiger partial charge in [0.05, 0.1) is 0 Å². The first-order chi connectivity index (χ1) is 7.98. The fourth-order valence-corrected chi connectivity index (χ4v) is 1.26. The molecule has 94 valence electrons. The molecular formula is C11H18BClN2O2. The molecular weight excluding hydrogens is 238 g/mol. The lowest BCUT2D eigenvalue weighted by molar-refractivity contribution is 0.0706. The van der Waals surface area contributed by atoms with Crippen molar-refractivity contribution in [2.75, 3.05) is 6.61 Å². The maximum absolute atomic E-state index is 5.91. The van der Waals surface area contributed by atoms with Crippen molar-refractivity contribution in [1.82, 2.24) is 9.97 Å². The summed E-state index contributed by atoms with van der Waals surface area (Å²) in [6.07, 6.45) is 4.15. The van der Waals surface area contributed by atoms with Gasteiger partial charge in [-0.2, -0.15) is 0 Å². The molecule has 0 bridgehead atoms. The fraction of sp³-hybridized carbons (Fsp3) is 0.636. The molecule has 1 heterocycles. The summed E-state index contributed by atoms with van der Waals surface area (Å²) < 4.78 is 11.5. The van der Waals surface area contributed by atoms with Gasteiger partial charge in [0, 0.05) is 30.1 Å². The summed E-state index contributed by atoms with van der Waals surface area (Å²) in [7, 11) is -0.452. The zero-order valence-electron chi connectivity index (χ0n) is 10.7. The molecule has 17 heavy (non-hydrogen) atoms. The topological polar surface area (TPSA) is 44.2 Å². The Morgan fingerprint density at radius 2 is 1.88 bits per heavy atom. The molecule has 0 saturated carbocycles. The molecule has 0 N–H and O–H groups in total. The minimum absolute atomic E-state index is 0.221. The van der Waals surface area contributed by atoms with Crippen molar-refractivity contribution in [3.8, 4) is 0 Å². The maximum atomic E-state index is 5.91. The van der Waals surface area contributed by atoms with Crippen molar-refractivity contribution in [1.29, 1.82) is 0 Å². The van der Waals surface area contributed by atoms with Crippen LogP contribution in [0.25, 0.3) is 0 Å². The molecule has 0 fully saturated rings. The summed E-state index contributed by atoms with van der Waals surface area (Å²) in [5, 5.41) is 0.221. The molecule has 1 rings (SSSR count). The molecule has 6 heteroatoms. The van der Waals surface area contributed by atoms with Crippen molar-refractivity contribution < 1.29 is 9.31 Å². The third kappa shape index (κ3) is 4.62. The molecule has 0 aliphatic heterocycles. The van der Waals surface area contributed by atoms with Gasteiger partial charge in [0.15, 0.2) is 0 Å². The standard InChI is InChI=1S/C11H18BClN2O2/c1-5-11(3,4)17-12(16-6-2)9-7-14-10(13)15-8-9/h7-8H,5-6H2,1-4H3. The third-order valence-electron chi connectivity index (χ3n) is 2.51. The van der Waals surface area contributed by atoms with Gasteiger partial charge in [-0.05, 0) is 38.8 Å². The Morgan fingerprint density at radius 3 is 2.35 bits per heavy atom. The van der Waals surface area contributed by atoms with E-state index in [-0.39, 0.29) is 10.9 Å². The normalized spacial score (nSPS) is 11.6. The van der Waals surface area contributed by atoms with Gasteiger partial charge in [-0.3, -0.25) is 0 Å². The number of hydrogen-bond donors (Lipinski definition) is 0. The Hall–Kier alpha value is -0.645. The molecule has 1 aromatic heterocycles. The molecule has 0 radical (unpaired) electrons. The number of hydrogen-bond acceptors (Lipinski definition) is 4. The SMILES string of the molecule is CCOB(OC(C)(C)CC)c1cnc(Cl)nc1. The lowest BCUT2D eigenvalue weighted by Gasteiger charge is -2.27. The molecule has 0 aromatic carbocycles. The second-order valence-electron chi connectivity index (χ2n) is 4.30. The summed E-state index contributed by atoms with van der Waals surface area (Å²) in [4.78, 5) is 7.86. The Labute approximate surface area is 108 Å². The first-order valence-corrected chi connectivity index (χ1v) is 6.13. The van der Waals surface area contributed by atoms with E-state index in [1.807, 2.05) is 20.8 Å². The highest BCUT2D eigenvalue weighted by Crippen LogP contribution is 2.15. The molecule has 0 aliphatic rings. The minimum atomic E-state index is -0.452. The van der Waals surface area contributed by atoms with Crippen molar-refractivity contribution in [2.45, 2.75) is 39.7 Å². The van der Waals surface area contributed by atoms with Crippen LogP contribution in [0.2, 0.25) is 5.28 Å². The second-order valence-corrected chi connectivity index (χ2v) is 4.64. The highest BCUT2D eigenvalue weighted by Gasteiger charge is 2.29. The summed E-state index contributed by atoms with van der Waals surface area (Å²) in [5.74, 6) is 0. The average Bonchev–Trinajstić information content (AvgIpc) is 2.29. The first-order valence-electron chi connectivity index (χ1n) is 5.75.